The van der Waals surface area contributed by atoms with Crippen LogP contribution in [-0.4, -0.2) is 28.8 Å². The van der Waals surface area contributed by atoms with E-state index in [9.17, 15) is 0 Å². The molecule has 0 saturated carbocycles. The lowest BCUT2D eigenvalue weighted by atomic mass is 10.1. The second kappa shape index (κ2) is 6.09. The summed E-state index contributed by atoms with van der Waals surface area (Å²) in [7, 11) is 0. The summed E-state index contributed by atoms with van der Waals surface area (Å²) in [6.45, 7) is 5.31. The first-order chi connectivity index (χ1) is 6.75. The molecule has 1 rings (SSSR count). The predicted molar refractivity (Wildman–Crippen MR) is 62.7 cm³/mol. The maximum atomic E-state index is 4.02. The molecule has 1 heterocycles. The SMILES string of the molecule is CSCCCNC(C)c1cn[nH]c1C. The fourth-order valence-corrected chi connectivity index (χ4v) is 1.87. The van der Waals surface area contributed by atoms with Crippen LogP contribution in [0.5, 0.6) is 0 Å². The molecule has 0 fully saturated rings. The molecule has 0 spiro atoms. The van der Waals surface area contributed by atoms with E-state index in [0.29, 0.717) is 6.04 Å². The number of H-pyrrole nitrogens is 1. The van der Waals surface area contributed by atoms with Crippen LogP contribution in [0.4, 0.5) is 0 Å². The van der Waals surface area contributed by atoms with E-state index in [4.69, 9.17) is 0 Å². The van der Waals surface area contributed by atoms with Crippen molar-refractivity contribution in [1.29, 1.82) is 0 Å². The van der Waals surface area contributed by atoms with Gasteiger partial charge in [-0.2, -0.15) is 16.9 Å². The van der Waals surface area contributed by atoms with E-state index in [0.717, 1.165) is 12.2 Å². The summed E-state index contributed by atoms with van der Waals surface area (Å²) in [5.41, 5.74) is 2.43. The molecule has 1 atom stereocenters. The Hall–Kier alpha value is -0.480. The highest BCUT2D eigenvalue weighted by Gasteiger charge is 2.08. The van der Waals surface area contributed by atoms with Gasteiger partial charge in [0.1, 0.15) is 0 Å². The number of thioether (sulfide) groups is 1. The van der Waals surface area contributed by atoms with Gasteiger partial charge in [-0.3, -0.25) is 5.10 Å². The van der Waals surface area contributed by atoms with Crippen molar-refractivity contribution < 1.29 is 0 Å². The maximum Gasteiger partial charge on any atom is 0.0537 e. The smallest absolute Gasteiger partial charge is 0.0537 e. The number of aromatic nitrogens is 2. The van der Waals surface area contributed by atoms with Crippen molar-refractivity contribution in [1.82, 2.24) is 15.5 Å². The number of nitrogens with one attached hydrogen (secondary N) is 2. The zero-order chi connectivity index (χ0) is 10.4. The van der Waals surface area contributed by atoms with Gasteiger partial charge in [0.25, 0.3) is 0 Å². The third-order valence-corrected chi connectivity index (χ3v) is 3.01. The van der Waals surface area contributed by atoms with E-state index in [1.54, 1.807) is 0 Å². The molecule has 0 aromatic carbocycles. The van der Waals surface area contributed by atoms with Gasteiger partial charge in [0.2, 0.25) is 0 Å². The average molecular weight is 213 g/mol. The molecule has 4 heteroatoms. The van der Waals surface area contributed by atoms with Gasteiger partial charge in [-0.15, -0.1) is 0 Å². The summed E-state index contributed by atoms with van der Waals surface area (Å²) in [5, 5.41) is 10.5. The van der Waals surface area contributed by atoms with Crippen LogP contribution in [-0.2, 0) is 0 Å². The normalized spacial score (nSPS) is 13.1. The Morgan fingerprint density at radius 3 is 3.00 bits per heavy atom. The summed E-state index contributed by atoms with van der Waals surface area (Å²) in [5.74, 6) is 1.23. The molecule has 0 radical (unpaired) electrons. The van der Waals surface area contributed by atoms with Gasteiger partial charge >= 0.3 is 0 Å². The molecule has 0 saturated heterocycles. The lowest BCUT2D eigenvalue weighted by Gasteiger charge is -2.12. The summed E-state index contributed by atoms with van der Waals surface area (Å²) >= 11 is 1.90. The van der Waals surface area contributed by atoms with Crippen LogP contribution in [0.3, 0.4) is 0 Å². The molecule has 14 heavy (non-hydrogen) atoms. The Labute approximate surface area is 90.1 Å². The van der Waals surface area contributed by atoms with Gasteiger partial charge in [0.05, 0.1) is 6.20 Å². The highest BCUT2D eigenvalue weighted by atomic mass is 32.2. The van der Waals surface area contributed by atoms with Gasteiger partial charge in [0, 0.05) is 17.3 Å². The number of nitrogens with zero attached hydrogens (tertiary/aromatic N) is 1. The fourth-order valence-electron chi connectivity index (χ4n) is 1.44. The number of aryl methyl sites for hydroxylation is 1. The lowest BCUT2D eigenvalue weighted by molar-refractivity contribution is 0.570. The Bertz CT molecular complexity index is 260. The third-order valence-electron chi connectivity index (χ3n) is 2.31. The van der Waals surface area contributed by atoms with Gasteiger partial charge in [-0.05, 0) is 38.8 Å². The van der Waals surface area contributed by atoms with E-state index in [1.807, 2.05) is 18.0 Å². The van der Waals surface area contributed by atoms with Gasteiger partial charge in [-0.1, -0.05) is 0 Å². The van der Waals surface area contributed by atoms with Crippen molar-refractivity contribution >= 4 is 11.8 Å². The van der Waals surface area contributed by atoms with Crippen LogP contribution in [0.25, 0.3) is 0 Å². The number of hydrogen-bond acceptors (Lipinski definition) is 3. The molecule has 3 nitrogen and oxygen atoms in total. The minimum absolute atomic E-state index is 0.399. The van der Waals surface area contributed by atoms with Crippen LogP contribution in [0.1, 0.15) is 30.6 Å². The molecule has 0 aliphatic heterocycles. The van der Waals surface area contributed by atoms with E-state index < -0.39 is 0 Å². The molecule has 0 amide bonds. The van der Waals surface area contributed by atoms with E-state index >= 15 is 0 Å². The van der Waals surface area contributed by atoms with Crippen LogP contribution in [0, 0.1) is 6.92 Å². The molecule has 1 aromatic heterocycles. The standard InChI is InChI=1S/C10H19N3S/c1-8(11-5-4-6-14-3)10-7-12-13-9(10)2/h7-8,11H,4-6H2,1-3H3,(H,12,13). The summed E-state index contributed by atoms with van der Waals surface area (Å²) < 4.78 is 0. The Kier molecular flexibility index (Phi) is 5.04. The first-order valence-electron chi connectivity index (χ1n) is 4.98. The Morgan fingerprint density at radius 1 is 1.64 bits per heavy atom. The average Bonchev–Trinajstić information content (AvgIpc) is 2.59. The third kappa shape index (κ3) is 3.35. The van der Waals surface area contributed by atoms with Crippen LogP contribution in [0.15, 0.2) is 6.20 Å². The highest BCUT2D eigenvalue weighted by molar-refractivity contribution is 7.98. The largest absolute Gasteiger partial charge is 0.310 e. The first-order valence-corrected chi connectivity index (χ1v) is 6.37. The minimum Gasteiger partial charge on any atom is -0.310 e. The molecular weight excluding hydrogens is 194 g/mol. The first kappa shape index (κ1) is 11.6. The monoisotopic (exact) mass is 213 g/mol. The molecule has 2 N–H and O–H groups in total. The highest BCUT2D eigenvalue weighted by Crippen LogP contribution is 2.13. The zero-order valence-corrected chi connectivity index (χ0v) is 9.95. The van der Waals surface area contributed by atoms with Crippen molar-refractivity contribution in [2.45, 2.75) is 26.3 Å². The molecule has 0 aliphatic carbocycles. The number of rotatable bonds is 6. The van der Waals surface area contributed by atoms with Crippen LogP contribution < -0.4 is 5.32 Å². The van der Waals surface area contributed by atoms with Crippen molar-refractivity contribution in [3.63, 3.8) is 0 Å². The predicted octanol–water partition coefficient (Wildman–Crippen LogP) is 2.12. The van der Waals surface area contributed by atoms with Crippen LogP contribution in [0.2, 0.25) is 0 Å². The van der Waals surface area contributed by atoms with E-state index in [1.165, 1.54) is 17.7 Å². The number of hydrogen-bond donors (Lipinski definition) is 2. The lowest BCUT2D eigenvalue weighted by Crippen LogP contribution is -2.20. The molecule has 0 aliphatic rings. The van der Waals surface area contributed by atoms with Crippen molar-refractivity contribution in [3.8, 4) is 0 Å². The topological polar surface area (TPSA) is 40.7 Å². The molecule has 80 valence electrons. The zero-order valence-electron chi connectivity index (χ0n) is 9.13. The van der Waals surface area contributed by atoms with Crippen LogP contribution >= 0.6 is 11.8 Å². The van der Waals surface area contributed by atoms with Crippen molar-refractivity contribution in [2.75, 3.05) is 18.6 Å². The van der Waals surface area contributed by atoms with Gasteiger partial charge < -0.3 is 5.32 Å². The van der Waals surface area contributed by atoms with Gasteiger partial charge in [-0.25, -0.2) is 0 Å². The molecule has 1 aromatic rings. The molecule has 0 bridgehead atoms. The maximum absolute atomic E-state index is 4.02. The number of aromatic amines is 1. The second-order valence-corrected chi connectivity index (χ2v) is 4.46. The summed E-state index contributed by atoms with van der Waals surface area (Å²) in [6, 6.07) is 0.399. The van der Waals surface area contributed by atoms with Gasteiger partial charge in [0.15, 0.2) is 0 Å². The second-order valence-electron chi connectivity index (χ2n) is 3.47. The van der Waals surface area contributed by atoms with Crippen molar-refractivity contribution in [2.24, 2.45) is 0 Å². The molecular formula is C10H19N3S. The summed E-state index contributed by atoms with van der Waals surface area (Å²) in [4.78, 5) is 0. The quantitative estimate of drug-likeness (QED) is 0.711. The van der Waals surface area contributed by atoms with Crippen molar-refractivity contribution in [3.05, 3.63) is 17.5 Å². The van der Waals surface area contributed by atoms with E-state index in [-0.39, 0.29) is 0 Å². The van der Waals surface area contributed by atoms with E-state index in [2.05, 4.69) is 35.6 Å². The Balaban J connectivity index is 2.28. The minimum atomic E-state index is 0.399. The fraction of sp³-hybridized carbons (Fsp3) is 0.700. The molecule has 1 unspecified atom stereocenters. The Morgan fingerprint density at radius 2 is 2.43 bits per heavy atom. The summed E-state index contributed by atoms with van der Waals surface area (Å²) in [6.07, 6.45) is 5.27.